The number of carbonyl (C=O) groups excluding carboxylic acids is 6. The molecule has 1 saturated carbocycles. The average Bonchev–Trinajstić information content (AvgIpc) is 3.51. The van der Waals surface area contributed by atoms with E-state index in [4.69, 9.17) is 23.7 Å². The Morgan fingerprint density at radius 1 is 0.875 bits per heavy atom. The third-order valence-corrected chi connectivity index (χ3v) is 10.7. The Labute approximate surface area is 366 Å². The lowest BCUT2D eigenvalue weighted by atomic mass is 9.89. The molecule has 2 fully saturated rings. The zero-order valence-corrected chi connectivity index (χ0v) is 35.2. The molecule has 5 N–H and O–H groups in total. The molecule has 6 rings (SSSR count). The minimum absolute atomic E-state index is 0.00266. The molecule has 7 amide bonds. The van der Waals surface area contributed by atoms with Gasteiger partial charge >= 0.3 is 12.2 Å². The number of urea groups is 1. The number of aromatic nitrogens is 1. The molecular formula is C43H50F3N7O11. The molecule has 3 heterocycles. The largest absolute Gasteiger partial charge is 0.488 e. The summed E-state index contributed by atoms with van der Waals surface area (Å²) in [6.45, 7) is 6.07. The predicted octanol–water partition coefficient (Wildman–Crippen LogP) is 3.92. The fraction of sp³-hybridized carbons (Fsp3) is 0.465. The summed E-state index contributed by atoms with van der Waals surface area (Å²) in [5.74, 6) is -2.36. The number of alkyl halides is 3. The molecule has 1 aromatic heterocycles. The Morgan fingerprint density at radius 2 is 1.59 bits per heavy atom. The second-order valence-electron chi connectivity index (χ2n) is 15.2. The third kappa shape index (κ3) is 12.5. The third-order valence-electron chi connectivity index (χ3n) is 10.7. The SMILES string of the molecule is CC(NC(=O)c1cc(O[C@@H]2CCC2NC(=O)Nc2cccc(C(F)(F)F)c2)ccn1)[C@@H](C)OCCOCCOCCOCCNc1cccc2c1C(=O)N(C1CCC(=O)NC1=O)C2=O. The van der Waals surface area contributed by atoms with Gasteiger partial charge in [0.25, 0.3) is 17.7 Å². The Hall–Kier alpha value is -6.16. The molecule has 18 nitrogen and oxygen atoms in total. The van der Waals surface area contributed by atoms with Crippen molar-refractivity contribution in [3.63, 3.8) is 0 Å². The molecule has 2 aromatic carbocycles. The summed E-state index contributed by atoms with van der Waals surface area (Å²) >= 11 is 0. The van der Waals surface area contributed by atoms with E-state index in [1.54, 1.807) is 25.1 Å². The van der Waals surface area contributed by atoms with Crippen molar-refractivity contribution in [3.05, 3.63) is 83.2 Å². The van der Waals surface area contributed by atoms with Crippen LogP contribution in [0, 0.1) is 0 Å². The number of nitrogens with one attached hydrogen (secondary N) is 5. The van der Waals surface area contributed by atoms with Crippen LogP contribution in [0.3, 0.4) is 0 Å². The number of carbonyl (C=O) groups is 6. The first-order valence-corrected chi connectivity index (χ1v) is 20.8. The fourth-order valence-corrected chi connectivity index (χ4v) is 6.97. The first-order valence-electron chi connectivity index (χ1n) is 20.8. The number of hydrogen-bond acceptors (Lipinski definition) is 13. The number of imide groups is 2. The fourth-order valence-electron chi connectivity index (χ4n) is 6.97. The summed E-state index contributed by atoms with van der Waals surface area (Å²) in [7, 11) is 0. The maximum Gasteiger partial charge on any atom is 0.416 e. The number of hydrogen-bond donors (Lipinski definition) is 5. The van der Waals surface area contributed by atoms with Crippen molar-refractivity contribution < 1.29 is 65.6 Å². The van der Waals surface area contributed by atoms with Crippen LogP contribution < -0.4 is 31.3 Å². The molecule has 5 atom stereocenters. The van der Waals surface area contributed by atoms with E-state index in [1.165, 1.54) is 30.5 Å². The number of fused-ring (bicyclic) bond motifs is 1. The van der Waals surface area contributed by atoms with Crippen molar-refractivity contribution in [2.45, 2.75) is 76.0 Å². The van der Waals surface area contributed by atoms with Crippen LogP contribution in [0.5, 0.6) is 5.75 Å². The lowest BCUT2D eigenvalue weighted by molar-refractivity contribution is -0.138. The lowest BCUT2D eigenvalue weighted by Gasteiger charge is -2.37. The molecule has 3 aromatic rings. The van der Waals surface area contributed by atoms with Crippen molar-refractivity contribution >= 4 is 46.9 Å². The van der Waals surface area contributed by atoms with Gasteiger partial charge in [-0.1, -0.05) is 12.1 Å². The number of nitrogens with zero attached hydrogens (tertiary/aromatic N) is 2. The van der Waals surface area contributed by atoms with Crippen molar-refractivity contribution in [3.8, 4) is 5.75 Å². The Bertz CT molecular complexity index is 2180. The van der Waals surface area contributed by atoms with E-state index in [0.29, 0.717) is 63.9 Å². The quantitative estimate of drug-likeness (QED) is 0.0714. The summed E-state index contributed by atoms with van der Waals surface area (Å²) < 4.78 is 67.6. The first-order chi connectivity index (χ1) is 30.7. The Balaban J connectivity index is 0.790. The summed E-state index contributed by atoms with van der Waals surface area (Å²) in [5, 5.41) is 13.3. The topological polar surface area (TPSA) is 225 Å². The molecule has 2 aliphatic heterocycles. The van der Waals surface area contributed by atoms with Crippen molar-refractivity contribution in [1.82, 2.24) is 25.8 Å². The molecule has 3 unspecified atom stereocenters. The number of benzene rings is 2. The van der Waals surface area contributed by atoms with Gasteiger partial charge in [0.05, 0.1) is 81.1 Å². The summed E-state index contributed by atoms with van der Waals surface area (Å²) in [4.78, 5) is 80.7. The van der Waals surface area contributed by atoms with Crippen LogP contribution in [0.1, 0.15) is 76.3 Å². The number of rotatable bonds is 22. The zero-order chi connectivity index (χ0) is 45.8. The minimum atomic E-state index is -4.54. The van der Waals surface area contributed by atoms with Crippen LogP contribution in [0.15, 0.2) is 60.8 Å². The average molecular weight is 898 g/mol. The van der Waals surface area contributed by atoms with Crippen molar-refractivity contribution in [1.29, 1.82) is 0 Å². The smallest absolute Gasteiger partial charge is 0.416 e. The number of halogens is 3. The molecule has 0 spiro atoms. The van der Waals surface area contributed by atoms with Crippen LogP contribution in [-0.4, -0.2) is 129 Å². The molecule has 1 saturated heterocycles. The van der Waals surface area contributed by atoms with Gasteiger partial charge in [-0.2, -0.15) is 13.2 Å². The molecular weight excluding hydrogens is 848 g/mol. The van der Waals surface area contributed by atoms with E-state index >= 15 is 0 Å². The molecule has 64 heavy (non-hydrogen) atoms. The van der Waals surface area contributed by atoms with Crippen LogP contribution in [0.25, 0.3) is 0 Å². The van der Waals surface area contributed by atoms with Gasteiger partial charge in [0.1, 0.15) is 23.6 Å². The number of ether oxygens (including phenoxy) is 5. The van der Waals surface area contributed by atoms with Gasteiger partial charge in [0, 0.05) is 36.6 Å². The highest BCUT2D eigenvalue weighted by molar-refractivity contribution is 6.25. The van der Waals surface area contributed by atoms with Gasteiger partial charge in [0.15, 0.2) is 0 Å². The van der Waals surface area contributed by atoms with Crippen LogP contribution in [0.4, 0.5) is 29.3 Å². The van der Waals surface area contributed by atoms with E-state index < -0.39 is 65.5 Å². The van der Waals surface area contributed by atoms with Gasteiger partial charge in [-0.3, -0.25) is 39.2 Å². The maximum atomic E-state index is 13.2. The second kappa shape index (κ2) is 22.0. The van der Waals surface area contributed by atoms with Gasteiger partial charge in [-0.05, 0) is 69.5 Å². The minimum Gasteiger partial charge on any atom is -0.488 e. The first kappa shape index (κ1) is 47.3. The second-order valence-corrected chi connectivity index (χ2v) is 15.2. The molecule has 3 aliphatic rings. The van der Waals surface area contributed by atoms with Crippen LogP contribution in [-0.2, 0) is 34.7 Å². The number of anilines is 2. The number of pyridine rings is 1. The predicted molar refractivity (Wildman–Crippen MR) is 222 cm³/mol. The van der Waals surface area contributed by atoms with E-state index in [1.807, 2.05) is 6.92 Å². The van der Waals surface area contributed by atoms with Gasteiger partial charge in [-0.15, -0.1) is 0 Å². The Kier molecular flexibility index (Phi) is 16.2. The van der Waals surface area contributed by atoms with Gasteiger partial charge in [-0.25, -0.2) is 4.79 Å². The van der Waals surface area contributed by atoms with E-state index in [9.17, 15) is 41.9 Å². The van der Waals surface area contributed by atoms with Crippen molar-refractivity contribution in [2.75, 3.05) is 63.4 Å². The molecule has 344 valence electrons. The Morgan fingerprint density at radius 3 is 2.30 bits per heavy atom. The standard InChI is InChI=1S/C43H50F3N7O11/c1-25(49-38(55)33-24-29(13-14-47-33)64-35-11-9-31(35)51-42(59)50-28-6-3-5-27(23-28)43(44,45)46)26(2)63-22-21-62-20-19-61-18-17-60-16-15-48-32-8-4-7-30-37(32)41(58)53(40(30)57)34-10-12-36(54)52-39(34)56/h3-8,13-14,23-26,31,34-35,48H,9-12,15-22H2,1-2H3,(H,49,55)(H2,50,51,59)(H,52,54,56)/t25?,26-,31?,34?,35-/m1/s1. The highest BCUT2D eigenvalue weighted by Gasteiger charge is 2.45. The van der Waals surface area contributed by atoms with Gasteiger partial charge in [0.2, 0.25) is 11.8 Å². The summed E-state index contributed by atoms with van der Waals surface area (Å²) in [6, 6.07) is 9.76. The van der Waals surface area contributed by atoms with Crippen LogP contribution in [0.2, 0.25) is 0 Å². The van der Waals surface area contributed by atoms with Crippen molar-refractivity contribution in [2.24, 2.45) is 0 Å². The summed E-state index contributed by atoms with van der Waals surface area (Å²) in [5.41, 5.74) is 0.0460. The highest BCUT2D eigenvalue weighted by Crippen LogP contribution is 2.33. The van der Waals surface area contributed by atoms with E-state index in [0.717, 1.165) is 17.0 Å². The van der Waals surface area contributed by atoms with Crippen LogP contribution >= 0.6 is 0 Å². The monoisotopic (exact) mass is 897 g/mol. The highest BCUT2D eigenvalue weighted by atomic mass is 19.4. The number of amides is 7. The molecule has 1 aliphatic carbocycles. The molecule has 21 heteroatoms. The normalized spacial score (nSPS) is 19.3. The lowest BCUT2D eigenvalue weighted by Crippen LogP contribution is -2.54. The summed E-state index contributed by atoms with van der Waals surface area (Å²) in [6.07, 6.45) is -2.56. The molecule has 0 bridgehead atoms. The van der Waals surface area contributed by atoms with E-state index in [-0.39, 0.29) is 60.7 Å². The van der Waals surface area contributed by atoms with Gasteiger partial charge < -0.3 is 45.0 Å². The maximum absolute atomic E-state index is 13.2. The zero-order valence-electron chi connectivity index (χ0n) is 35.2. The molecule has 0 radical (unpaired) electrons. The van der Waals surface area contributed by atoms with E-state index in [2.05, 4.69) is 31.6 Å². The number of piperidine rings is 1.